The zero-order valence-corrected chi connectivity index (χ0v) is 19.0. The molecule has 0 aliphatic rings. The highest BCUT2D eigenvalue weighted by molar-refractivity contribution is 6.27. The Kier molecular flexibility index (Phi) is 11.0. The van der Waals surface area contributed by atoms with Crippen LogP contribution in [0.15, 0.2) is 30.3 Å². The van der Waals surface area contributed by atoms with Gasteiger partial charge in [-0.3, -0.25) is 14.4 Å². The molecule has 0 saturated carbocycles. The van der Waals surface area contributed by atoms with E-state index < -0.39 is 10.8 Å². The minimum absolute atomic E-state index is 0.195. The number of ether oxygens (including phenoxy) is 1. The average Bonchev–Trinajstić information content (AvgIpc) is 2.72. The van der Waals surface area contributed by atoms with Gasteiger partial charge in [0.25, 0.3) is 0 Å². The van der Waals surface area contributed by atoms with Gasteiger partial charge in [0.15, 0.2) is 6.29 Å². The Balaban J connectivity index is 2.19. The molecule has 0 heterocycles. The summed E-state index contributed by atoms with van der Waals surface area (Å²) in [5.74, 6) is -0.563. The Labute approximate surface area is 181 Å². The summed E-state index contributed by atoms with van der Waals surface area (Å²) in [4.78, 5) is 34.5. The quantitative estimate of drug-likeness (QED) is 0.187. The van der Waals surface area contributed by atoms with E-state index in [0.717, 1.165) is 37.7 Å². The van der Waals surface area contributed by atoms with Crippen LogP contribution in [0.25, 0.3) is 0 Å². The third-order valence-corrected chi connectivity index (χ3v) is 5.72. The average molecular weight is 419 g/mol. The van der Waals surface area contributed by atoms with Crippen LogP contribution in [-0.2, 0) is 25.7 Å². The third-order valence-electron chi connectivity index (χ3n) is 5.72. The fraction of sp³-hybridized carbons (Fsp3) is 0.640. The highest BCUT2D eigenvalue weighted by atomic mass is 16.5. The fourth-order valence-electron chi connectivity index (χ4n) is 3.34. The van der Waals surface area contributed by atoms with E-state index in [2.05, 4.69) is 0 Å². The first-order chi connectivity index (χ1) is 14.1. The lowest BCUT2D eigenvalue weighted by Gasteiger charge is -2.23. The van der Waals surface area contributed by atoms with Gasteiger partial charge in [-0.1, -0.05) is 69.9 Å². The maximum absolute atomic E-state index is 12.4. The zero-order valence-electron chi connectivity index (χ0n) is 19.0. The Hall–Kier alpha value is -2.01. The maximum atomic E-state index is 12.4. The molecule has 30 heavy (non-hydrogen) atoms. The number of aliphatic hydroxyl groups is 1. The SMILES string of the molecule is CC(C)(CCCCC(O)CCCCC(C)(C)C(=O)OCc1ccccc1)C(=O)C=O. The number of hydrogen-bond acceptors (Lipinski definition) is 5. The molecule has 0 bridgehead atoms. The highest BCUT2D eigenvalue weighted by Gasteiger charge is 2.29. The number of hydrogen-bond donors (Lipinski definition) is 1. The molecule has 1 unspecified atom stereocenters. The Morgan fingerprint density at radius 1 is 0.933 bits per heavy atom. The van der Waals surface area contributed by atoms with Gasteiger partial charge in [-0.25, -0.2) is 0 Å². The molecule has 1 N–H and O–H groups in total. The largest absolute Gasteiger partial charge is 0.460 e. The van der Waals surface area contributed by atoms with Crippen LogP contribution in [0.1, 0.15) is 84.6 Å². The molecule has 0 spiro atoms. The number of carbonyl (C=O) groups is 3. The third kappa shape index (κ3) is 9.66. The summed E-state index contributed by atoms with van der Waals surface area (Å²) in [5, 5.41) is 10.2. The lowest BCUT2D eigenvalue weighted by molar-refractivity contribution is -0.155. The van der Waals surface area contributed by atoms with Crippen molar-refractivity contribution in [3.8, 4) is 0 Å². The number of rotatable bonds is 15. The number of benzene rings is 1. The minimum atomic E-state index is -0.618. The summed E-state index contributed by atoms with van der Waals surface area (Å²) < 4.78 is 5.45. The zero-order chi connectivity index (χ0) is 22.6. The van der Waals surface area contributed by atoms with Gasteiger partial charge in [-0.2, -0.15) is 0 Å². The van der Waals surface area contributed by atoms with Crippen LogP contribution in [0, 0.1) is 10.8 Å². The Bertz CT molecular complexity index is 663. The first kappa shape index (κ1) is 26.0. The standard InChI is InChI=1S/C25H38O5/c1-24(2,22(28)18-26)16-10-8-14-21(27)15-9-11-17-25(3,4)23(29)30-19-20-12-6-5-7-13-20/h5-7,12-13,18,21,27H,8-11,14-17,19H2,1-4H3. The van der Waals surface area contributed by atoms with Gasteiger partial charge in [0, 0.05) is 5.41 Å². The highest BCUT2D eigenvalue weighted by Crippen LogP contribution is 2.27. The first-order valence-corrected chi connectivity index (χ1v) is 11.0. The topological polar surface area (TPSA) is 80.7 Å². The molecule has 1 aromatic carbocycles. The predicted molar refractivity (Wildman–Crippen MR) is 118 cm³/mol. The molecule has 0 aliphatic carbocycles. The van der Waals surface area contributed by atoms with Gasteiger partial charge in [-0.15, -0.1) is 0 Å². The number of esters is 1. The molecule has 0 amide bonds. The predicted octanol–water partition coefficient (Wildman–Crippen LogP) is 5.03. The van der Waals surface area contributed by atoms with Crippen molar-refractivity contribution in [1.82, 2.24) is 0 Å². The van der Waals surface area contributed by atoms with Crippen LogP contribution in [0.2, 0.25) is 0 Å². The molecule has 0 aromatic heterocycles. The second kappa shape index (κ2) is 12.6. The van der Waals surface area contributed by atoms with Crippen molar-refractivity contribution in [2.24, 2.45) is 10.8 Å². The molecule has 1 rings (SSSR count). The van der Waals surface area contributed by atoms with Gasteiger partial charge in [0.2, 0.25) is 5.78 Å². The molecule has 1 atom stereocenters. The van der Waals surface area contributed by atoms with Gasteiger partial charge in [0.05, 0.1) is 11.5 Å². The molecule has 0 radical (unpaired) electrons. The maximum Gasteiger partial charge on any atom is 0.311 e. The van der Waals surface area contributed by atoms with Gasteiger partial charge in [0.1, 0.15) is 6.61 Å². The lowest BCUT2D eigenvalue weighted by Crippen LogP contribution is -2.26. The van der Waals surface area contributed by atoms with Gasteiger partial charge < -0.3 is 9.84 Å². The van der Waals surface area contributed by atoms with E-state index in [1.54, 1.807) is 13.8 Å². The molecule has 1 aromatic rings. The fourth-order valence-corrected chi connectivity index (χ4v) is 3.34. The van der Waals surface area contributed by atoms with E-state index in [1.165, 1.54) is 0 Å². The van der Waals surface area contributed by atoms with Crippen molar-refractivity contribution in [3.05, 3.63) is 35.9 Å². The van der Waals surface area contributed by atoms with Crippen LogP contribution in [0.5, 0.6) is 0 Å². The molecular formula is C25H38O5. The van der Waals surface area contributed by atoms with Gasteiger partial charge in [-0.05, 0) is 45.1 Å². The smallest absolute Gasteiger partial charge is 0.311 e. The van der Waals surface area contributed by atoms with E-state index >= 15 is 0 Å². The van der Waals surface area contributed by atoms with Crippen molar-refractivity contribution < 1.29 is 24.2 Å². The molecule has 0 aliphatic heterocycles. The summed E-state index contributed by atoms with van der Waals surface area (Å²) in [7, 11) is 0. The minimum Gasteiger partial charge on any atom is -0.460 e. The number of aldehydes is 1. The van der Waals surface area contributed by atoms with Crippen LogP contribution in [0.4, 0.5) is 0 Å². The molecular weight excluding hydrogens is 380 g/mol. The van der Waals surface area contributed by atoms with Crippen molar-refractivity contribution >= 4 is 18.0 Å². The monoisotopic (exact) mass is 418 g/mol. The molecule has 168 valence electrons. The van der Waals surface area contributed by atoms with Crippen molar-refractivity contribution in [2.45, 2.75) is 91.8 Å². The second-order valence-corrected chi connectivity index (χ2v) is 9.46. The summed E-state index contributed by atoms with van der Waals surface area (Å²) in [6.07, 6.45) is 6.12. The molecule has 5 heteroatoms. The van der Waals surface area contributed by atoms with Gasteiger partial charge >= 0.3 is 5.97 Å². The second-order valence-electron chi connectivity index (χ2n) is 9.46. The molecule has 0 saturated heterocycles. The summed E-state index contributed by atoms with van der Waals surface area (Å²) in [5.41, 5.74) is -0.187. The number of carbonyl (C=O) groups excluding carboxylic acids is 3. The number of aliphatic hydroxyl groups excluding tert-OH is 1. The summed E-state index contributed by atoms with van der Waals surface area (Å²) in [6, 6.07) is 9.64. The summed E-state index contributed by atoms with van der Waals surface area (Å²) >= 11 is 0. The number of unbranched alkanes of at least 4 members (excludes halogenated alkanes) is 2. The van der Waals surface area contributed by atoms with E-state index in [-0.39, 0.29) is 24.5 Å². The Morgan fingerprint density at radius 2 is 1.47 bits per heavy atom. The first-order valence-electron chi connectivity index (χ1n) is 11.0. The lowest BCUT2D eigenvalue weighted by atomic mass is 9.83. The van der Waals surface area contributed by atoms with Crippen LogP contribution >= 0.6 is 0 Å². The Morgan fingerprint density at radius 3 is 2.00 bits per heavy atom. The van der Waals surface area contributed by atoms with Crippen molar-refractivity contribution in [2.75, 3.05) is 0 Å². The van der Waals surface area contributed by atoms with E-state index in [9.17, 15) is 19.5 Å². The van der Waals surface area contributed by atoms with Crippen LogP contribution < -0.4 is 0 Å². The van der Waals surface area contributed by atoms with E-state index in [0.29, 0.717) is 25.5 Å². The number of ketones is 1. The molecule has 0 fully saturated rings. The normalized spacial score (nSPS) is 13.0. The van der Waals surface area contributed by atoms with Crippen LogP contribution in [-0.4, -0.2) is 29.2 Å². The van der Waals surface area contributed by atoms with E-state index in [4.69, 9.17) is 4.74 Å². The number of Topliss-reactive ketones (excluding diaryl/α,β-unsaturated/α-hetero) is 1. The molecule has 5 nitrogen and oxygen atoms in total. The van der Waals surface area contributed by atoms with Crippen LogP contribution in [0.3, 0.4) is 0 Å². The van der Waals surface area contributed by atoms with Crippen molar-refractivity contribution in [3.63, 3.8) is 0 Å². The summed E-state index contributed by atoms with van der Waals surface area (Å²) in [6.45, 7) is 7.66. The van der Waals surface area contributed by atoms with E-state index in [1.807, 2.05) is 44.2 Å². The van der Waals surface area contributed by atoms with Crippen molar-refractivity contribution in [1.29, 1.82) is 0 Å².